The monoisotopic (exact) mass is 220 g/mol. The zero-order valence-corrected chi connectivity index (χ0v) is 9.07. The first kappa shape index (κ1) is 11.1. The third-order valence-electron chi connectivity index (χ3n) is 2.73. The van der Waals surface area contributed by atoms with Gasteiger partial charge in [0.2, 0.25) is 5.91 Å². The van der Waals surface area contributed by atoms with Gasteiger partial charge in [-0.05, 0) is 36.7 Å². The number of carbonyl (C=O) groups is 1. The van der Waals surface area contributed by atoms with E-state index in [1.807, 2.05) is 18.2 Å². The Bertz CT molecular complexity index is 375. The molecule has 0 saturated carbocycles. The molecule has 2 rings (SSSR count). The van der Waals surface area contributed by atoms with Crippen molar-refractivity contribution in [2.24, 2.45) is 5.92 Å². The lowest BCUT2D eigenvalue weighted by Gasteiger charge is -2.26. The molecule has 1 fully saturated rings. The number of hydrogen-bond acceptors (Lipinski definition) is 3. The van der Waals surface area contributed by atoms with Crippen molar-refractivity contribution in [2.45, 2.75) is 13.0 Å². The fraction of sp³-hybridized carbons (Fsp3) is 0.417. The smallest absolute Gasteiger partial charge is 0.224 e. The van der Waals surface area contributed by atoms with E-state index in [2.05, 4.69) is 10.6 Å². The molecule has 1 amide bonds. The summed E-state index contributed by atoms with van der Waals surface area (Å²) in [5.41, 5.74) is 1.56. The molecular formula is C12H16N2O2. The normalized spacial score (nSPS) is 15.6. The van der Waals surface area contributed by atoms with E-state index in [-0.39, 0.29) is 12.5 Å². The first-order chi connectivity index (χ1) is 7.78. The van der Waals surface area contributed by atoms with E-state index in [0.717, 1.165) is 24.3 Å². The van der Waals surface area contributed by atoms with Crippen LogP contribution in [0, 0.1) is 5.92 Å². The molecule has 0 unspecified atom stereocenters. The Kier molecular flexibility index (Phi) is 3.54. The zero-order chi connectivity index (χ0) is 11.4. The summed E-state index contributed by atoms with van der Waals surface area (Å²) in [7, 11) is 0. The van der Waals surface area contributed by atoms with Crippen LogP contribution in [0.5, 0.6) is 0 Å². The number of aliphatic hydroxyl groups excluding tert-OH is 1. The maximum Gasteiger partial charge on any atom is 0.224 e. The molecule has 0 atom stereocenters. The van der Waals surface area contributed by atoms with E-state index in [1.165, 1.54) is 0 Å². The predicted octanol–water partition coefficient (Wildman–Crippen LogP) is 0.727. The molecule has 1 heterocycles. The third kappa shape index (κ3) is 2.81. The van der Waals surface area contributed by atoms with Gasteiger partial charge in [-0.3, -0.25) is 4.79 Å². The van der Waals surface area contributed by atoms with Crippen LogP contribution in [0.1, 0.15) is 12.0 Å². The first-order valence-electron chi connectivity index (χ1n) is 5.48. The summed E-state index contributed by atoms with van der Waals surface area (Å²) in [6.45, 7) is 1.87. The van der Waals surface area contributed by atoms with Gasteiger partial charge in [0, 0.05) is 12.1 Å². The lowest BCUT2D eigenvalue weighted by molar-refractivity contribution is -0.117. The van der Waals surface area contributed by atoms with Gasteiger partial charge in [0.15, 0.2) is 0 Å². The van der Waals surface area contributed by atoms with Gasteiger partial charge in [0.1, 0.15) is 0 Å². The molecule has 1 aromatic carbocycles. The van der Waals surface area contributed by atoms with Crippen LogP contribution in [0.2, 0.25) is 0 Å². The lowest BCUT2D eigenvalue weighted by Crippen LogP contribution is -2.43. The van der Waals surface area contributed by atoms with Crippen molar-refractivity contribution >= 4 is 11.6 Å². The van der Waals surface area contributed by atoms with Gasteiger partial charge in [0.05, 0.1) is 6.61 Å². The van der Waals surface area contributed by atoms with Crippen LogP contribution in [0.4, 0.5) is 5.69 Å². The van der Waals surface area contributed by atoms with Crippen LogP contribution in [0.25, 0.3) is 0 Å². The van der Waals surface area contributed by atoms with E-state index in [4.69, 9.17) is 5.11 Å². The minimum Gasteiger partial charge on any atom is -0.392 e. The summed E-state index contributed by atoms with van der Waals surface area (Å²) in [6, 6.07) is 7.27. The van der Waals surface area contributed by atoms with Crippen LogP contribution < -0.4 is 10.6 Å². The standard InChI is InChI=1S/C12H16N2O2/c15-8-9-2-1-3-11(4-9)14-12(16)5-10-6-13-7-10/h1-4,10,13,15H,5-8H2,(H,14,16). The van der Waals surface area contributed by atoms with Gasteiger partial charge in [0.25, 0.3) is 0 Å². The van der Waals surface area contributed by atoms with Gasteiger partial charge in [-0.2, -0.15) is 0 Å². The highest BCUT2D eigenvalue weighted by atomic mass is 16.3. The number of anilines is 1. The molecule has 1 aliphatic heterocycles. The minimum absolute atomic E-state index is 0.00371. The van der Waals surface area contributed by atoms with Crippen molar-refractivity contribution in [3.8, 4) is 0 Å². The fourth-order valence-corrected chi connectivity index (χ4v) is 1.71. The lowest BCUT2D eigenvalue weighted by atomic mass is 9.99. The number of aliphatic hydroxyl groups is 1. The van der Waals surface area contributed by atoms with Gasteiger partial charge in [-0.25, -0.2) is 0 Å². The minimum atomic E-state index is -0.00371. The largest absolute Gasteiger partial charge is 0.392 e. The number of carbonyl (C=O) groups excluding carboxylic acids is 1. The van der Waals surface area contributed by atoms with E-state index in [9.17, 15) is 4.79 Å². The molecule has 1 aliphatic rings. The van der Waals surface area contributed by atoms with Crippen molar-refractivity contribution in [2.75, 3.05) is 18.4 Å². The van der Waals surface area contributed by atoms with E-state index < -0.39 is 0 Å². The summed E-state index contributed by atoms with van der Waals surface area (Å²) in [6.07, 6.45) is 0.566. The van der Waals surface area contributed by atoms with Gasteiger partial charge in [-0.1, -0.05) is 12.1 Å². The van der Waals surface area contributed by atoms with Crippen LogP contribution in [-0.2, 0) is 11.4 Å². The average Bonchev–Trinajstić information content (AvgIpc) is 2.24. The fourth-order valence-electron chi connectivity index (χ4n) is 1.71. The molecule has 0 bridgehead atoms. The number of rotatable bonds is 4. The Balaban J connectivity index is 1.89. The van der Waals surface area contributed by atoms with Crippen LogP contribution in [0.15, 0.2) is 24.3 Å². The topological polar surface area (TPSA) is 61.4 Å². The second-order valence-corrected chi connectivity index (χ2v) is 4.14. The highest BCUT2D eigenvalue weighted by Crippen LogP contribution is 2.13. The molecule has 4 nitrogen and oxygen atoms in total. The van der Waals surface area contributed by atoms with Gasteiger partial charge >= 0.3 is 0 Å². The van der Waals surface area contributed by atoms with Crippen molar-refractivity contribution in [1.82, 2.24) is 5.32 Å². The summed E-state index contributed by atoms with van der Waals surface area (Å²) in [4.78, 5) is 11.6. The zero-order valence-electron chi connectivity index (χ0n) is 9.07. The second-order valence-electron chi connectivity index (χ2n) is 4.14. The molecule has 4 heteroatoms. The number of benzene rings is 1. The van der Waals surface area contributed by atoms with Gasteiger partial charge < -0.3 is 15.7 Å². The third-order valence-corrected chi connectivity index (χ3v) is 2.73. The van der Waals surface area contributed by atoms with Crippen LogP contribution >= 0.6 is 0 Å². The highest BCUT2D eigenvalue weighted by Gasteiger charge is 2.19. The molecule has 0 aromatic heterocycles. The SMILES string of the molecule is O=C(CC1CNC1)Nc1cccc(CO)c1. The molecular weight excluding hydrogens is 204 g/mol. The Hall–Kier alpha value is -1.39. The second kappa shape index (κ2) is 5.09. The van der Waals surface area contributed by atoms with E-state index in [0.29, 0.717) is 12.3 Å². The Morgan fingerprint density at radius 3 is 2.94 bits per heavy atom. The van der Waals surface area contributed by atoms with Crippen molar-refractivity contribution in [3.63, 3.8) is 0 Å². The maximum absolute atomic E-state index is 11.6. The molecule has 1 saturated heterocycles. The summed E-state index contributed by atoms with van der Waals surface area (Å²) in [5.74, 6) is 0.516. The summed E-state index contributed by atoms with van der Waals surface area (Å²) < 4.78 is 0. The quantitative estimate of drug-likeness (QED) is 0.701. The Labute approximate surface area is 94.7 Å². The first-order valence-corrected chi connectivity index (χ1v) is 5.48. The summed E-state index contributed by atoms with van der Waals surface area (Å²) >= 11 is 0. The van der Waals surface area contributed by atoms with E-state index in [1.54, 1.807) is 6.07 Å². The van der Waals surface area contributed by atoms with Crippen LogP contribution in [-0.4, -0.2) is 24.1 Å². The van der Waals surface area contributed by atoms with Gasteiger partial charge in [-0.15, -0.1) is 0 Å². The molecule has 0 aliphatic carbocycles. The number of hydrogen-bond donors (Lipinski definition) is 3. The van der Waals surface area contributed by atoms with Crippen LogP contribution in [0.3, 0.4) is 0 Å². The Morgan fingerprint density at radius 2 is 2.31 bits per heavy atom. The number of nitrogens with one attached hydrogen (secondary N) is 2. The molecule has 86 valence electrons. The van der Waals surface area contributed by atoms with Crippen molar-refractivity contribution in [3.05, 3.63) is 29.8 Å². The Morgan fingerprint density at radius 1 is 1.50 bits per heavy atom. The van der Waals surface area contributed by atoms with Crippen molar-refractivity contribution in [1.29, 1.82) is 0 Å². The van der Waals surface area contributed by atoms with Crippen molar-refractivity contribution < 1.29 is 9.90 Å². The summed E-state index contributed by atoms with van der Waals surface area (Å²) in [5, 5.41) is 14.9. The molecule has 16 heavy (non-hydrogen) atoms. The molecule has 0 spiro atoms. The molecule has 0 radical (unpaired) electrons. The number of amides is 1. The molecule has 3 N–H and O–H groups in total. The maximum atomic E-state index is 11.6. The predicted molar refractivity (Wildman–Crippen MR) is 62.0 cm³/mol. The molecule has 1 aromatic rings. The average molecular weight is 220 g/mol. The van der Waals surface area contributed by atoms with E-state index >= 15 is 0 Å². The highest BCUT2D eigenvalue weighted by molar-refractivity contribution is 5.91.